The average molecular weight is 1550 g/mol. The van der Waals surface area contributed by atoms with Gasteiger partial charge in [0.25, 0.3) is 5.91 Å². The summed E-state index contributed by atoms with van der Waals surface area (Å²) >= 11 is 3.67. The second-order valence-corrected chi connectivity index (χ2v) is 29.2. The van der Waals surface area contributed by atoms with E-state index in [-0.39, 0.29) is 106 Å². The Morgan fingerprint density at radius 3 is 1.92 bits per heavy atom. The molecule has 0 spiro atoms. The van der Waals surface area contributed by atoms with Crippen molar-refractivity contribution in [3.05, 3.63) is 65.4 Å². The second kappa shape index (κ2) is 44.3. The summed E-state index contributed by atoms with van der Waals surface area (Å²) in [6.45, 7) is 3.76. The van der Waals surface area contributed by atoms with Crippen LogP contribution in [0.4, 0.5) is 0 Å². The number of aliphatic imine (C=N–C) groups is 1. The van der Waals surface area contributed by atoms with E-state index in [1.165, 1.54) is 28.4 Å². The quantitative estimate of drug-likeness (QED) is 0.0372. The van der Waals surface area contributed by atoms with E-state index in [0.717, 1.165) is 24.4 Å². The molecule has 1 fully saturated rings. The third-order valence-electron chi connectivity index (χ3n) is 17.8. The lowest BCUT2D eigenvalue weighted by Gasteiger charge is -2.31. The highest BCUT2D eigenvalue weighted by atomic mass is 32.2. The predicted octanol–water partition coefficient (Wildman–Crippen LogP) is -0.857. The van der Waals surface area contributed by atoms with Crippen molar-refractivity contribution in [3.63, 3.8) is 0 Å². The number of fused-ring (bicyclic) bond motifs is 7. The summed E-state index contributed by atoms with van der Waals surface area (Å²) in [5.41, 5.74) is 25.0. The standard InChI is InChI=1S/C69H99N17O18S3/c1-4-38(2)58-67(101)82-49(30-41-32-75-44-14-8-7-13-43(41)44)64(98)79-46(17-19-54(70)87)61(95)78-47(18-20-56(89)90)62(96)83-51(59(71)93)36-106-34-39-27-40-29-42(28-39)103-24-9-5-6-10-25-104-76-33-55(88)77-45(15-11-22-74-69(72)73)60(94)84-52(37-107-35-40)68(102)86-23-12-16-53(86)66(100)80-48(21-26-105-3)63(97)81-50(31-57(91)92)65(99)85-58/h7-8,13-14,27-29,32-33,38,45-53,58,75H,4-6,9-12,15-26,30-31,34-37H2,1-3H3,(H2,70,87)(H2,71,93)(H,77,88)(H,78,95)(H,79,98)(H,80,100)(H,81,97)(H,82,101)(H,83,96)(H,84,94)(H,85,99)(H,89,90)(H,91,92)(H4,72,73,74)/b76-33+/t38-,45-,46-,47-,48-,49-,50-,51-,52-,53-,58-/m0/s1. The minimum atomic E-state index is -1.92. The molecule has 3 aliphatic rings. The molecule has 4 heterocycles. The molecule has 12 amide bonds. The van der Waals surface area contributed by atoms with Crippen LogP contribution in [-0.4, -0.2) is 225 Å². The molecule has 0 aliphatic carbocycles. The molecule has 0 radical (unpaired) electrons. The smallest absolute Gasteiger partial charge is 0.305 e. The van der Waals surface area contributed by atoms with Crippen LogP contribution in [0, 0.1) is 5.92 Å². The Kier molecular flexibility index (Phi) is 35.7. The molecule has 38 heteroatoms. The van der Waals surface area contributed by atoms with E-state index in [9.17, 15) is 72.5 Å². The van der Waals surface area contributed by atoms with Crippen molar-refractivity contribution < 1.29 is 86.9 Å². The zero-order valence-electron chi connectivity index (χ0n) is 60.0. The summed E-state index contributed by atoms with van der Waals surface area (Å²) in [6, 6.07) is -3.07. The highest BCUT2D eigenvalue weighted by molar-refractivity contribution is 7.99. The largest absolute Gasteiger partial charge is 0.494 e. The number of nitrogens with one attached hydrogen (secondary N) is 10. The van der Waals surface area contributed by atoms with Gasteiger partial charge in [-0.1, -0.05) is 49.7 Å². The fraction of sp³-hybridized carbons (Fsp3) is 0.565. The summed E-state index contributed by atoms with van der Waals surface area (Å²) in [4.78, 5) is 210. The highest BCUT2D eigenvalue weighted by Crippen LogP contribution is 2.28. The number of nitrogens with two attached hydrogens (primary N) is 4. The Labute approximate surface area is 631 Å². The van der Waals surface area contributed by atoms with Crippen LogP contribution in [0.25, 0.3) is 10.9 Å². The van der Waals surface area contributed by atoms with E-state index in [1.807, 2.05) is 6.07 Å². The Balaban J connectivity index is 1.45. The van der Waals surface area contributed by atoms with Gasteiger partial charge in [0.2, 0.25) is 65.0 Å². The minimum absolute atomic E-state index is 0.00501. The van der Waals surface area contributed by atoms with Crippen molar-refractivity contribution in [2.45, 2.75) is 189 Å². The first-order chi connectivity index (χ1) is 51.1. The van der Waals surface area contributed by atoms with Crippen LogP contribution in [0.3, 0.4) is 0 Å². The van der Waals surface area contributed by atoms with Crippen LogP contribution < -0.4 is 75.5 Å². The SMILES string of the molecule is CC[C@H](C)[C@@H]1NC(=O)[C@H](CC(=O)O)NC(=O)[C@H](CCSC)NC(=O)[C@@H]2CCCN2C(=O)[C@@H]2CSCc3cc(cc(c3)OCCCCCCO/N=C/C(=O)N[C@@H](CCCN=C(N)N)C(=O)N2)CSC[C@@H](C(N)=O)NC(=O)[C@H](CCC(=O)O)NC(=O)[C@H](CCC(N)=O)NC(=O)[C@H](Cc2c[nH]c3ccccc23)NC1=O. The molecule has 3 aromatic rings. The van der Waals surface area contributed by atoms with Crippen LogP contribution in [0.15, 0.2) is 58.8 Å². The molecule has 1 saturated heterocycles. The average Bonchev–Trinajstić information content (AvgIpc) is 1.74. The summed E-state index contributed by atoms with van der Waals surface area (Å²) in [6.07, 6.45) is 3.81. The van der Waals surface area contributed by atoms with Crippen LogP contribution in [0.2, 0.25) is 0 Å². The van der Waals surface area contributed by atoms with Gasteiger partial charge < -0.3 is 100 Å². The summed E-state index contributed by atoms with van der Waals surface area (Å²) in [5.74, 6) is -14.6. The maximum absolute atomic E-state index is 15.3. The highest BCUT2D eigenvalue weighted by Gasteiger charge is 2.42. The zero-order chi connectivity index (χ0) is 78.1. The number of benzene rings is 2. The van der Waals surface area contributed by atoms with Crippen molar-refractivity contribution in [2.75, 3.05) is 49.8 Å². The number of aromatic nitrogens is 1. The number of carboxylic acid groups (broad SMARTS) is 2. The molecule has 2 aromatic carbocycles. The van der Waals surface area contributed by atoms with Crippen LogP contribution in [0.1, 0.15) is 127 Å². The van der Waals surface area contributed by atoms with Gasteiger partial charge in [-0.15, -0.1) is 0 Å². The van der Waals surface area contributed by atoms with Gasteiger partial charge in [0, 0.05) is 72.5 Å². The lowest BCUT2D eigenvalue weighted by molar-refractivity contribution is -0.143. The Morgan fingerprint density at radius 2 is 1.26 bits per heavy atom. The molecular weight excluding hydrogens is 1450 g/mol. The number of hydrogen-bond donors (Lipinski definition) is 16. The fourth-order valence-electron chi connectivity index (χ4n) is 11.9. The van der Waals surface area contributed by atoms with Crippen molar-refractivity contribution in [1.82, 2.24) is 57.7 Å². The van der Waals surface area contributed by atoms with Crippen molar-refractivity contribution in [2.24, 2.45) is 39.0 Å². The number of carbonyl (C=O) groups excluding carboxylic acids is 12. The van der Waals surface area contributed by atoms with Gasteiger partial charge in [-0.05, 0) is 123 Å². The molecule has 4 bridgehead atoms. The number of guanidine groups is 1. The number of carbonyl (C=O) groups is 14. The van der Waals surface area contributed by atoms with Crippen molar-refractivity contribution in [1.29, 1.82) is 0 Å². The first-order valence-electron chi connectivity index (χ1n) is 35.4. The van der Waals surface area contributed by atoms with Crippen LogP contribution in [0.5, 0.6) is 5.75 Å². The van der Waals surface area contributed by atoms with Gasteiger partial charge >= 0.3 is 11.9 Å². The van der Waals surface area contributed by atoms with Gasteiger partial charge in [0.05, 0.1) is 13.0 Å². The molecule has 20 N–H and O–H groups in total. The van der Waals surface area contributed by atoms with E-state index >= 15 is 4.79 Å². The molecule has 107 heavy (non-hydrogen) atoms. The maximum Gasteiger partial charge on any atom is 0.305 e. The van der Waals surface area contributed by atoms with Gasteiger partial charge in [-0.2, -0.15) is 35.3 Å². The number of aromatic amines is 1. The monoisotopic (exact) mass is 1550 g/mol. The van der Waals surface area contributed by atoms with Crippen molar-refractivity contribution >= 4 is 141 Å². The van der Waals surface area contributed by atoms with Gasteiger partial charge in [-0.3, -0.25) is 72.1 Å². The van der Waals surface area contributed by atoms with E-state index < -0.39 is 181 Å². The second-order valence-electron chi connectivity index (χ2n) is 26.1. The fourth-order valence-corrected chi connectivity index (χ4v) is 14.4. The molecule has 11 atom stereocenters. The molecule has 1 aromatic heterocycles. The van der Waals surface area contributed by atoms with Crippen LogP contribution >= 0.6 is 35.3 Å². The third-order valence-corrected chi connectivity index (χ3v) is 20.7. The molecule has 3 aliphatic heterocycles. The van der Waals surface area contributed by atoms with E-state index in [4.69, 9.17) is 32.5 Å². The summed E-state index contributed by atoms with van der Waals surface area (Å²) in [7, 11) is 0. The Hall–Kier alpha value is -9.85. The van der Waals surface area contributed by atoms with E-state index in [2.05, 4.69) is 63.0 Å². The number of rotatable bonds is 20. The number of para-hydroxylation sites is 1. The number of aliphatic carboxylic acids is 2. The zero-order valence-corrected chi connectivity index (χ0v) is 62.5. The lowest BCUT2D eigenvalue weighted by Crippen LogP contribution is -2.62. The Bertz CT molecular complexity index is 3690. The summed E-state index contributed by atoms with van der Waals surface area (Å²) in [5, 5.41) is 47.9. The maximum atomic E-state index is 15.3. The van der Waals surface area contributed by atoms with Crippen LogP contribution in [-0.2, 0) is 89.9 Å². The lowest BCUT2D eigenvalue weighted by atomic mass is 9.96. The normalized spacial score (nSPS) is 24.4. The third kappa shape index (κ3) is 28.8. The molecule has 586 valence electrons. The number of primary amides is 2. The first kappa shape index (κ1) is 86.1. The van der Waals surface area contributed by atoms with Gasteiger partial charge in [-0.25, -0.2) is 0 Å². The molecule has 6 rings (SSSR count). The number of thioether (sulfide) groups is 3. The summed E-state index contributed by atoms with van der Waals surface area (Å²) < 4.78 is 6.29. The number of amides is 12. The Morgan fingerprint density at radius 1 is 0.664 bits per heavy atom. The molecule has 35 nitrogen and oxygen atoms in total. The van der Waals surface area contributed by atoms with E-state index in [0.29, 0.717) is 52.6 Å². The minimum Gasteiger partial charge on any atom is -0.494 e. The predicted molar refractivity (Wildman–Crippen MR) is 400 cm³/mol. The molecule has 0 unspecified atom stereocenters. The first-order valence-corrected chi connectivity index (χ1v) is 39.1. The van der Waals surface area contributed by atoms with Gasteiger partial charge in [0.1, 0.15) is 79.0 Å². The number of hydrogen-bond acceptors (Lipinski definition) is 21. The van der Waals surface area contributed by atoms with Gasteiger partial charge in [0.15, 0.2) is 5.96 Å². The number of oxime groups is 1. The van der Waals surface area contributed by atoms with E-state index in [1.54, 1.807) is 62.7 Å². The number of H-pyrrole nitrogens is 1. The topological polar surface area (TPSA) is 554 Å². The number of ether oxygens (including phenoxy) is 1. The molecular formula is C69H99N17O18S3. The molecule has 0 saturated carbocycles. The number of nitrogens with zero attached hydrogens (tertiary/aromatic N) is 3. The number of carboxylic acids is 2. The van der Waals surface area contributed by atoms with Crippen molar-refractivity contribution in [3.8, 4) is 5.75 Å².